The minimum atomic E-state index is -0.619. The van der Waals surface area contributed by atoms with E-state index in [4.69, 9.17) is 23.1 Å². The van der Waals surface area contributed by atoms with Gasteiger partial charge in [0.15, 0.2) is 11.5 Å². The number of amides is 1. The van der Waals surface area contributed by atoms with Crippen LogP contribution in [0.3, 0.4) is 0 Å². The fraction of sp³-hybridized carbons (Fsp3) is 0.143. The van der Waals surface area contributed by atoms with Gasteiger partial charge in [0, 0.05) is 24.6 Å². The highest BCUT2D eigenvalue weighted by atomic mass is 35.5. The molecule has 154 valence electrons. The van der Waals surface area contributed by atoms with Crippen LogP contribution in [0.5, 0.6) is 0 Å². The van der Waals surface area contributed by atoms with Crippen LogP contribution < -0.4 is 17.0 Å². The van der Waals surface area contributed by atoms with Crippen LogP contribution in [0.4, 0.5) is 5.82 Å². The van der Waals surface area contributed by atoms with Crippen LogP contribution in [-0.4, -0.2) is 25.1 Å². The van der Waals surface area contributed by atoms with Gasteiger partial charge in [-0.1, -0.05) is 36.7 Å². The van der Waals surface area contributed by atoms with Crippen molar-refractivity contribution < 1.29 is 4.79 Å². The van der Waals surface area contributed by atoms with Gasteiger partial charge in [0.2, 0.25) is 0 Å². The predicted molar refractivity (Wildman–Crippen MR) is 119 cm³/mol. The van der Waals surface area contributed by atoms with E-state index < -0.39 is 5.91 Å². The van der Waals surface area contributed by atoms with Crippen molar-refractivity contribution in [2.45, 2.75) is 19.9 Å². The number of fused-ring (bicyclic) bond motifs is 2. The number of benzene rings is 1. The number of pyridine rings is 1. The van der Waals surface area contributed by atoms with E-state index in [1.165, 1.54) is 4.52 Å². The van der Waals surface area contributed by atoms with Crippen LogP contribution in [0.1, 0.15) is 23.0 Å². The smallest absolute Gasteiger partial charge is 0.260 e. The van der Waals surface area contributed by atoms with Crippen LogP contribution in [0.2, 0.25) is 5.02 Å². The molecule has 0 radical (unpaired) electrons. The molecule has 0 bridgehead atoms. The molecule has 4 aromatic rings. The second kappa shape index (κ2) is 8.79. The number of hydrogen-bond acceptors (Lipinski definition) is 5. The summed E-state index contributed by atoms with van der Waals surface area (Å²) in [5, 5.41) is 5.87. The molecule has 0 atom stereocenters. The summed E-state index contributed by atoms with van der Waals surface area (Å²) in [5.74, 6) is -0.516. The Morgan fingerprint density at radius 2 is 2.10 bits per heavy atom. The highest BCUT2D eigenvalue weighted by Crippen LogP contribution is 2.21. The number of anilines is 1. The summed E-state index contributed by atoms with van der Waals surface area (Å²) >= 11 is 6.09. The Morgan fingerprint density at radius 1 is 1.33 bits per heavy atom. The number of carbonyl (C=O) groups excluding carboxylic acids is 1. The van der Waals surface area contributed by atoms with Gasteiger partial charge in [-0.15, -0.1) is 11.7 Å². The maximum atomic E-state index is 12.3. The maximum absolute atomic E-state index is 12.3. The number of aromatic nitrogens is 4. The topological polar surface area (TPSA) is 121 Å². The number of primary amides is 1. The lowest BCUT2D eigenvalue weighted by Gasteiger charge is -2.12. The van der Waals surface area contributed by atoms with Gasteiger partial charge in [0.1, 0.15) is 5.56 Å². The summed E-state index contributed by atoms with van der Waals surface area (Å²) in [7, 11) is 0. The van der Waals surface area contributed by atoms with E-state index in [9.17, 15) is 9.59 Å². The van der Waals surface area contributed by atoms with Gasteiger partial charge in [0.25, 0.3) is 11.5 Å². The molecule has 1 amide bonds. The number of nitrogens with two attached hydrogens (primary N) is 2. The van der Waals surface area contributed by atoms with E-state index in [0.717, 1.165) is 17.5 Å². The highest BCUT2D eigenvalue weighted by Gasteiger charge is 2.15. The Kier molecular flexibility index (Phi) is 6.17. The third-order valence-electron chi connectivity index (χ3n) is 4.52. The fourth-order valence-corrected chi connectivity index (χ4v) is 3.43. The van der Waals surface area contributed by atoms with Crippen molar-refractivity contribution >= 4 is 39.7 Å². The van der Waals surface area contributed by atoms with Gasteiger partial charge in [-0.3, -0.25) is 9.59 Å². The van der Waals surface area contributed by atoms with Crippen LogP contribution in [0.15, 0.2) is 60.2 Å². The van der Waals surface area contributed by atoms with E-state index in [1.807, 2.05) is 25.1 Å². The first-order chi connectivity index (χ1) is 14.4. The minimum Gasteiger partial charge on any atom is -0.381 e. The lowest BCUT2D eigenvalue weighted by molar-refractivity contribution is 0.100. The normalized spacial score (nSPS) is 10.6. The van der Waals surface area contributed by atoms with E-state index >= 15 is 0 Å². The number of allylic oxidation sites excluding steroid dienone is 1. The first-order valence-corrected chi connectivity index (χ1v) is 9.57. The molecule has 0 saturated carbocycles. The molecule has 4 rings (SSSR count). The predicted octanol–water partition coefficient (Wildman–Crippen LogP) is 2.81. The standard InChI is InChI=1S/C14H14ClNO.C7H7N5O/c1-3-8-16-11(4-2)9-10-6-5-7-12(15)13(10)14(16)17;8-5-4(6(9)13)7-10-2-1-3-12(7)11-5/h3,5-7,9H,1,4,8H2,2H3;1-3H,(H2,8,11)(H2,9,13). The molecule has 4 N–H and O–H groups in total. The second-order valence-corrected chi connectivity index (χ2v) is 6.82. The van der Waals surface area contributed by atoms with Crippen LogP contribution in [-0.2, 0) is 13.0 Å². The lowest BCUT2D eigenvalue weighted by atomic mass is 10.1. The molecular weight excluding hydrogens is 404 g/mol. The quantitative estimate of drug-likeness (QED) is 0.488. The number of nitrogens with zero attached hydrogens (tertiary/aromatic N) is 4. The summed E-state index contributed by atoms with van der Waals surface area (Å²) in [6, 6.07) is 9.23. The van der Waals surface area contributed by atoms with Crippen molar-refractivity contribution in [2.24, 2.45) is 5.73 Å². The summed E-state index contributed by atoms with van der Waals surface area (Å²) in [6.07, 6.45) is 5.72. The molecule has 0 aliphatic carbocycles. The molecule has 1 aromatic carbocycles. The second-order valence-electron chi connectivity index (χ2n) is 6.41. The van der Waals surface area contributed by atoms with Gasteiger partial charge >= 0.3 is 0 Å². The number of aryl methyl sites for hydroxylation is 1. The SMILES string of the molecule is C=CCn1c(CC)cc2cccc(Cl)c2c1=O.NC(=O)c1c(N)nn2cccnc12. The van der Waals surface area contributed by atoms with Crippen LogP contribution in [0.25, 0.3) is 16.4 Å². The molecule has 0 fully saturated rings. The third-order valence-corrected chi connectivity index (χ3v) is 4.83. The number of hydrogen-bond donors (Lipinski definition) is 2. The van der Waals surface area contributed by atoms with Gasteiger partial charge in [-0.05, 0) is 30.0 Å². The zero-order valence-corrected chi connectivity index (χ0v) is 17.1. The summed E-state index contributed by atoms with van der Waals surface area (Å²) in [5.41, 5.74) is 12.1. The number of carbonyl (C=O) groups is 1. The molecule has 0 spiro atoms. The summed E-state index contributed by atoms with van der Waals surface area (Å²) in [4.78, 5) is 27.2. The minimum absolute atomic E-state index is 0.0372. The van der Waals surface area contributed by atoms with Crippen molar-refractivity contribution in [1.82, 2.24) is 19.2 Å². The molecule has 0 aliphatic heterocycles. The van der Waals surface area contributed by atoms with Gasteiger partial charge < -0.3 is 16.0 Å². The fourth-order valence-electron chi connectivity index (χ4n) is 3.17. The van der Waals surface area contributed by atoms with E-state index in [-0.39, 0.29) is 16.9 Å². The molecular formula is C21H21ClN6O2. The summed E-state index contributed by atoms with van der Waals surface area (Å²) < 4.78 is 3.14. The lowest BCUT2D eigenvalue weighted by Crippen LogP contribution is -2.23. The molecule has 0 unspecified atom stereocenters. The molecule has 0 aliphatic rings. The van der Waals surface area contributed by atoms with Crippen LogP contribution >= 0.6 is 11.6 Å². The number of halogens is 1. The molecule has 3 aromatic heterocycles. The van der Waals surface area contributed by atoms with Crippen molar-refractivity contribution in [1.29, 1.82) is 0 Å². The zero-order chi connectivity index (χ0) is 21.8. The van der Waals surface area contributed by atoms with E-state index in [1.54, 1.807) is 35.2 Å². The molecule has 30 heavy (non-hydrogen) atoms. The first-order valence-electron chi connectivity index (χ1n) is 9.19. The Hall–Kier alpha value is -3.65. The number of rotatable bonds is 4. The van der Waals surface area contributed by atoms with Crippen molar-refractivity contribution in [3.63, 3.8) is 0 Å². The summed E-state index contributed by atoms with van der Waals surface area (Å²) in [6.45, 7) is 6.23. The van der Waals surface area contributed by atoms with Gasteiger partial charge in [0.05, 0.1) is 10.4 Å². The zero-order valence-electron chi connectivity index (χ0n) is 16.4. The third kappa shape index (κ3) is 3.90. The molecule has 0 saturated heterocycles. The maximum Gasteiger partial charge on any atom is 0.260 e. The Balaban J connectivity index is 0.000000177. The van der Waals surface area contributed by atoms with Crippen molar-refractivity contribution in [3.05, 3.63) is 82.0 Å². The van der Waals surface area contributed by atoms with Crippen molar-refractivity contribution in [3.8, 4) is 0 Å². The Bertz CT molecular complexity index is 1310. The monoisotopic (exact) mass is 424 g/mol. The van der Waals surface area contributed by atoms with E-state index in [0.29, 0.717) is 22.6 Å². The first kappa shape index (κ1) is 21.1. The van der Waals surface area contributed by atoms with E-state index in [2.05, 4.69) is 16.7 Å². The van der Waals surface area contributed by atoms with Gasteiger partial charge in [-0.25, -0.2) is 9.50 Å². The Labute approximate surface area is 177 Å². The molecule has 8 nitrogen and oxygen atoms in total. The van der Waals surface area contributed by atoms with Gasteiger partial charge in [-0.2, -0.15) is 0 Å². The number of nitrogen functional groups attached to an aromatic ring is 1. The average Bonchev–Trinajstić information content (AvgIpc) is 3.06. The highest BCUT2D eigenvalue weighted by molar-refractivity contribution is 6.35. The largest absolute Gasteiger partial charge is 0.381 e. The molecule has 9 heteroatoms. The Morgan fingerprint density at radius 3 is 2.77 bits per heavy atom. The molecule has 3 heterocycles. The van der Waals surface area contributed by atoms with Crippen molar-refractivity contribution in [2.75, 3.05) is 5.73 Å². The van der Waals surface area contributed by atoms with Crippen LogP contribution in [0, 0.1) is 0 Å². The average molecular weight is 425 g/mol.